The minimum Gasteiger partial charge on any atom is -0.496 e. The average molecular weight is 222 g/mol. The molecular weight excluding hydrogens is 204 g/mol. The van der Waals surface area contributed by atoms with Gasteiger partial charge in [-0.15, -0.1) is 0 Å². The highest BCUT2D eigenvalue weighted by atomic mass is 16.5. The van der Waals surface area contributed by atoms with Crippen LogP contribution >= 0.6 is 0 Å². The third-order valence-corrected chi connectivity index (χ3v) is 2.53. The highest BCUT2D eigenvalue weighted by Gasteiger charge is 2.15. The Bertz CT molecular complexity index is 371. The summed E-state index contributed by atoms with van der Waals surface area (Å²) in [6, 6.07) is 5.60. The molecule has 3 nitrogen and oxygen atoms in total. The topological polar surface area (TPSA) is 35.5 Å². The maximum Gasteiger partial charge on any atom is 0.169 e. The number of carbonyl (C=O) groups is 1. The van der Waals surface area contributed by atoms with Gasteiger partial charge in [0.25, 0.3) is 0 Å². The van der Waals surface area contributed by atoms with Crippen molar-refractivity contribution in [3.05, 3.63) is 29.3 Å². The van der Waals surface area contributed by atoms with E-state index in [2.05, 4.69) is 0 Å². The lowest BCUT2D eigenvalue weighted by Gasteiger charge is -2.11. The Labute approximate surface area is 96.4 Å². The van der Waals surface area contributed by atoms with Crippen LogP contribution < -0.4 is 4.74 Å². The summed E-state index contributed by atoms with van der Waals surface area (Å²) in [7, 11) is 3.17. The minimum absolute atomic E-state index is 0.0508. The SMILES string of the molecule is COc1ccc(C)cc1C(=O)CC(C)OC. The van der Waals surface area contributed by atoms with Gasteiger partial charge >= 0.3 is 0 Å². The van der Waals surface area contributed by atoms with Crippen molar-refractivity contribution in [2.45, 2.75) is 26.4 Å². The van der Waals surface area contributed by atoms with Crippen LogP contribution in [0.3, 0.4) is 0 Å². The number of carbonyl (C=O) groups excluding carboxylic acids is 1. The molecule has 1 aromatic rings. The van der Waals surface area contributed by atoms with Gasteiger partial charge < -0.3 is 9.47 Å². The first-order valence-electron chi connectivity index (χ1n) is 5.29. The fourth-order valence-electron chi connectivity index (χ4n) is 1.49. The Hall–Kier alpha value is -1.35. The van der Waals surface area contributed by atoms with E-state index in [0.29, 0.717) is 17.7 Å². The summed E-state index contributed by atoms with van der Waals surface area (Å²) in [6.45, 7) is 3.83. The molecule has 0 N–H and O–H groups in total. The third kappa shape index (κ3) is 3.07. The van der Waals surface area contributed by atoms with E-state index in [-0.39, 0.29) is 11.9 Å². The zero-order valence-corrected chi connectivity index (χ0v) is 10.2. The van der Waals surface area contributed by atoms with Crippen LogP contribution in [0.5, 0.6) is 5.75 Å². The summed E-state index contributed by atoms with van der Waals surface area (Å²) in [6.07, 6.45) is 0.300. The Morgan fingerprint density at radius 2 is 2.06 bits per heavy atom. The Morgan fingerprint density at radius 1 is 1.38 bits per heavy atom. The summed E-state index contributed by atoms with van der Waals surface area (Å²) >= 11 is 0. The first kappa shape index (κ1) is 12.7. The van der Waals surface area contributed by atoms with Gasteiger partial charge in [0.1, 0.15) is 5.75 Å². The van der Waals surface area contributed by atoms with Crippen molar-refractivity contribution in [3.63, 3.8) is 0 Å². The van der Waals surface area contributed by atoms with Crippen LogP contribution in [-0.2, 0) is 4.74 Å². The van der Waals surface area contributed by atoms with E-state index in [1.165, 1.54) is 0 Å². The Morgan fingerprint density at radius 3 is 2.62 bits per heavy atom. The first-order chi connectivity index (χ1) is 7.58. The lowest BCUT2D eigenvalue weighted by atomic mass is 10.0. The summed E-state index contributed by atoms with van der Waals surface area (Å²) in [5.41, 5.74) is 1.68. The molecule has 0 saturated heterocycles. The number of ether oxygens (including phenoxy) is 2. The van der Waals surface area contributed by atoms with E-state index >= 15 is 0 Å². The zero-order chi connectivity index (χ0) is 12.1. The van der Waals surface area contributed by atoms with E-state index in [1.54, 1.807) is 14.2 Å². The molecule has 1 rings (SSSR count). The zero-order valence-electron chi connectivity index (χ0n) is 10.2. The molecule has 0 saturated carbocycles. The number of ketones is 1. The molecule has 3 heteroatoms. The quantitative estimate of drug-likeness (QED) is 0.718. The number of methoxy groups -OCH3 is 2. The van der Waals surface area contributed by atoms with Gasteiger partial charge in [-0.1, -0.05) is 11.6 Å². The second-order valence-corrected chi connectivity index (χ2v) is 3.88. The van der Waals surface area contributed by atoms with Crippen LogP contribution in [0.15, 0.2) is 18.2 Å². The van der Waals surface area contributed by atoms with Crippen molar-refractivity contribution in [2.24, 2.45) is 0 Å². The number of aryl methyl sites for hydroxylation is 1. The summed E-state index contributed by atoms with van der Waals surface area (Å²) < 4.78 is 10.3. The highest BCUT2D eigenvalue weighted by Crippen LogP contribution is 2.21. The molecule has 16 heavy (non-hydrogen) atoms. The maximum absolute atomic E-state index is 12.0. The number of Topliss-reactive ketones (excluding diaryl/α,β-unsaturated/α-hetero) is 1. The molecule has 1 unspecified atom stereocenters. The smallest absolute Gasteiger partial charge is 0.169 e. The molecule has 0 aromatic heterocycles. The van der Waals surface area contributed by atoms with Crippen LogP contribution in [0.25, 0.3) is 0 Å². The van der Waals surface area contributed by atoms with Crippen molar-refractivity contribution in [1.82, 2.24) is 0 Å². The van der Waals surface area contributed by atoms with Crippen LogP contribution in [0.1, 0.15) is 29.3 Å². The molecule has 0 spiro atoms. The van der Waals surface area contributed by atoms with E-state index in [9.17, 15) is 4.79 Å². The number of benzene rings is 1. The van der Waals surface area contributed by atoms with Gasteiger partial charge in [-0.2, -0.15) is 0 Å². The summed E-state index contributed by atoms with van der Waals surface area (Å²) in [4.78, 5) is 12.0. The van der Waals surface area contributed by atoms with Gasteiger partial charge in [0.05, 0.1) is 18.8 Å². The summed E-state index contributed by atoms with van der Waals surface area (Å²) in [5.74, 6) is 0.675. The molecule has 0 aliphatic rings. The number of hydrogen-bond acceptors (Lipinski definition) is 3. The van der Waals surface area contributed by atoms with Crippen LogP contribution in [0.2, 0.25) is 0 Å². The Balaban J connectivity index is 2.93. The van der Waals surface area contributed by atoms with Gasteiger partial charge in [0.2, 0.25) is 0 Å². The normalized spacial score (nSPS) is 12.2. The van der Waals surface area contributed by atoms with Crippen molar-refractivity contribution in [3.8, 4) is 5.75 Å². The van der Waals surface area contributed by atoms with Crippen molar-refractivity contribution < 1.29 is 14.3 Å². The molecule has 0 aliphatic carbocycles. The second kappa shape index (κ2) is 5.66. The van der Waals surface area contributed by atoms with Gasteiger partial charge in [0.15, 0.2) is 5.78 Å². The molecule has 1 aromatic carbocycles. The lowest BCUT2D eigenvalue weighted by molar-refractivity contribution is 0.0789. The molecule has 0 aliphatic heterocycles. The number of rotatable bonds is 5. The minimum atomic E-state index is -0.0716. The van der Waals surface area contributed by atoms with Crippen LogP contribution in [-0.4, -0.2) is 26.1 Å². The standard InChI is InChI=1S/C13H18O3/c1-9-5-6-13(16-4)11(7-9)12(14)8-10(2)15-3/h5-7,10H,8H2,1-4H3. The van der Waals surface area contributed by atoms with Crippen molar-refractivity contribution in [2.75, 3.05) is 14.2 Å². The van der Waals surface area contributed by atoms with E-state index < -0.39 is 0 Å². The van der Waals surface area contributed by atoms with E-state index in [1.807, 2.05) is 32.0 Å². The highest BCUT2D eigenvalue weighted by molar-refractivity contribution is 5.99. The van der Waals surface area contributed by atoms with Crippen molar-refractivity contribution >= 4 is 5.78 Å². The van der Waals surface area contributed by atoms with Gasteiger partial charge in [-0.25, -0.2) is 0 Å². The molecular formula is C13H18O3. The molecule has 0 amide bonds. The molecule has 0 bridgehead atoms. The Kier molecular flexibility index (Phi) is 4.50. The third-order valence-electron chi connectivity index (χ3n) is 2.53. The predicted molar refractivity (Wildman–Crippen MR) is 63.1 cm³/mol. The molecule has 0 radical (unpaired) electrons. The fraction of sp³-hybridized carbons (Fsp3) is 0.462. The first-order valence-corrected chi connectivity index (χ1v) is 5.29. The van der Waals surface area contributed by atoms with Gasteiger partial charge in [-0.05, 0) is 26.0 Å². The van der Waals surface area contributed by atoms with Crippen molar-refractivity contribution in [1.29, 1.82) is 0 Å². The average Bonchev–Trinajstić information content (AvgIpc) is 2.28. The van der Waals surface area contributed by atoms with E-state index in [0.717, 1.165) is 5.56 Å². The van der Waals surface area contributed by atoms with Crippen LogP contribution in [0, 0.1) is 6.92 Å². The van der Waals surface area contributed by atoms with Gasteiger partial charge in [0, 0.05) is 13.5 Å². The molecule has 0 fully saturated rings. The molecule has 1 atom stereocenters. The maximum atomic E-state index is 12.0. The van der Waals surface area contributed by atoms with Crippen LogP contribution in [0.4, 0.5) is 0 Å². The van der Waals surface area contributed by atoms with E-state index in [4.69, 9.17) is 9.47 Å². The fourth-order valence-corrected chi connectivity index (χ4v) is 1.49. The monoisotopic (exact) mass is 222 g/mol. The lowest BCUT2D eigenvalue weighted by Crippen LogP contribution is -2.13. The summed E-state index contributed by atoms with van der Waals surface area (Å²) in [5, 5.41) is 0. The number of hydrogen-bond donors (Lipinski definition) is 0. The predicted octanol–water partition coefficient (Wildman–Crippen LogP) is 2.61. The second-order valence-electron chi connectivity index (χ2n) is 3.88. The largest absolute Gasteiger partial charge is 0.496 e. The van der Waals surface area contributed by atoms with Gasteiger partial charge in [-0.3, -0.25) is 4.79 Å². The molecule has 0 heterocycles. The molecule has 88 valence electrons.